The van der Waals surface area contributed by atoms with Gasteiger partial charge in [0.25, 0.3) is 0 Å². The Bertz CT molecular complexity index is 1070. The molecule has 3 rings (SSSR count). The number of rotatable bonds is 11. The molecule has 0 saturated carbocycles. The van der Waals surface area contributed by atoms with Crippen LogP contribution in [0.2, 0.25) is 0 Å². The zero-order valence-electron chi connectivity index (χ0n) is 19.3. The van der Waals surface area contributed by atoms with Gasteiger partial charge in [0.2, 0.25) is 0 Å². The molecule has 3 aromatic rings. The molecule has 0 atom stereocenters. The second kappa shape index (κ2) is 11.8. The summed E-state index contributed by atoms with van der Waals surface area (Å²) in [5, 5.41) is 2.40. The fourth-order valence-corrected chi connectivity index (χ4v) is 3.83. The van der Waals surface area contributed by atoms with Gasteiger partial charge in [0.15, 0.2) is 5.78 Å². The molecule has 0 aliphatic rings. The average Bonchev–Trinajstić information content (AvgIpc) is 2.78. The fraction of sp³-hybridized carbons (Fsp3) is 0.333. The molecule has 0 aliphatic carbocycles. The largest absolute Gasteiger partial charge is 0.489 e. The summed E-state index contributed by atoms with van der Waals surface area (Å²) in [6, 6.07) is 21.8. The van der Waals surface area contributed by atoms with Crippen molar-refractivity contribution in [1.29, 1.82) is 0 Å². The first-order chi connectivity index (χ1) is 15.8. The summed E-state index contributed by atoms with van der Waals surface area (Å²) >= 11 is 1.41. The maximum Gasteiger partial charge on any atom is 0.307 e. The minimum atomic E-state index is -0.484. The summed E-state index contributed by atoms with van der Waals surface area (Å²) in [5.74, 6) is 1.92. The lowest BCUT2D eigenvalue weighted by Gasteiger charge is -2.19. The van der Waals surface area contributed by atoms with Crippen LogP contribution in [0.1, 0.15) is 32.8 Å². The predicted octanol–water partition coefficient (Wildman–Crippen LogP) is 5.83. The maximum atomic E-state index is 12.0. The number of Topliss-reactive ketones (excluding diaryl/α,β-unsaturated/α-hetero) is 1. The molecule has 0 radical (unpaired) electrons. The van der Waals surface area contributed by atoms with E-state index in [9.17, 15) is 9.59 Å². The minimum Gasteiger partial charge on any atom is -0.489 e. The summed E-state index contributed by atoms with van der Waals surface area (Å²) < 4.78 is 16.7. The van der Waals surface area contributed by atoms with Crippen molar-refractivity contribution in [1.82, 2.24) is 0 Å². The smallest absolute Gasteiger partial charge is 0.307 e. The summed E-state index contributed by atoms with van der Waals surface area (Å²) in [4.78, 5) is 23.7. The van der Waals surface area contributed by atoms with E-state index in [1.54, 1.807) is 12.1 Å². The first kappa shape index (κ1) is 24.6. The number of fused-ring (bicyclic) bond motifs is 1. The number of benzene rings is 3. The van der Waals surface area contributed by atoms with Gasteiger partial charge in [-0.15, -0.1) is 0 Å². The van der Waals surface area contributed by atoms with Crippen LogP contribution in [0.3, 0.4) is 0 Å². The Balaban J connectivity index is 1.35. The Labute approximate surface area is 199 Å². The van der Waals surface area contributed by atoms with Crippen molar-refractivity contribution in [2.45, 2.75) is 39.4 Å². The lowest BCUT2D eigenvalue weighted by Crippen LogP contribution is -2.24. The molecule has 33 heavy (non-hydrogen) atoms. The van der Waals surface area contributed by atoms with Gasteiger partial charge in [-0.05, 0) is 67.4 Å². The van der Waals surface area contributed by atoms with Crippen molar-refractivity contribution < 1.29 is 23.8 Å². The van der Waals surface area contributed by atoms with Crippen molar-refractivity contribution in [3.05, 3.63) is 72.3 Å². The fourth-order valence-electron chi connectivity index (χ4n) is 3.07. The zero-order chi connectivity index (χ0) is 23.7. The van der Waals surface area contributed by atoms with E-state index >= 15 is 0 Å². The molecule has 0 aliphatic heterocycles. The minimum absolute atomic E-state index is 0.00324. The molecule has 0 bridgehead atoms. The van der Waals surface area contributed by atoms with Crippen LogP contribution in [0.5, 0.6) is 11.5 Å². The Hall–Kier alpha value is -2.99. The van der Waals surface area contributed by atoms with Gasteiger partial charge in [0, 0.05) is 5.75 Å². The molecule has 6 heteroatoms. The lowest BCUT2D eigenvalue weighted by molar-refractivity contribution is -0.154. The third-order valence-corrected chi connectivity index (χ3v) is 5.60. The predicted molar refractivity (Wildman–Crippen MR) is 133 cm³/mol. The molecule has 0 unspecified atom stereocenters. The average molecular weight is 467 g/mol. The number of carbonyl (C=O) groups excluding carboxylic acids is 2. The van der Waals surface area contributed by atoms with Gasteiger partial charge in [-0.1, -0.05) is 36.4 Å². The number of ether oxygens (including phenoxy) is 3. The molecule has 0 saturated heterocycles. The lowest BCUT2D eigenvalue weighted by atomic mass is 10.1. The molecule has 3 aromatic carbocycles. The van der Waals surface area contributed by atoms with E-state index < -0.39 is 5.60 Å². The molecule has 0 N–H and O–H groups in total. The Morgan fingerprint density at radius 1 is 0.848 bits per heavy atom. The monoisotopic (exact) mass is 466 g/mol. The Morgan fingerprint density at radius 3 is 2.21 bits per heavy atom. The second-order valence-electron chi connectivity index (χ2n) is 8.66. The summed E-state index contributed by atoms with van der Waals surface area (Å²) in [7, 11) is 0. The maximum absolute atomic E-state index is 12.0. The zero-order valence-corrected chi connectivity index (χ0v) is 20.2. The molecule has 5 nitrogen and oxygen atoms in total. The van der Waals surface area contributed by atoms with E-state index in [1.807, 2.05) is 45.0 Å². The van der Waals surface area contributed by atoms with Gasteiger partial charge >= 0.3 is 5.97 Å². The van der Waals surface area contributed by atoms with Crippen LogP contribution in [0.15, 0.2) is 66.7 Å². The van der Waals surface area contributed by atoms with Gasteiger partial charge in [0.05, 0.1) is 12.2 Å². The molecule has 0 amide bonds. The van der Waals surface area contributed by atoms with E-state index in [0.717, 1.165) is 11.3 Å². The van der Waals surface area contributed by atoms with Gasteiger partial charge < -0.3 is 14.2 Å². The van der Waals surface area contributed by atoms with Crippen LogP contribution in [-0.2, 0) is 20.9 Å². The second-order valence-corrected chi connectivity index (χ2v) is 9.76. The summed E-state index contributed by atoms with van der Waals surface area (Å²) in [6.45, 7) is 5.98. The number of ketones is 1. The van der Waals surface area contributed by atoms with Crippen molar-refractivity contribution in [3.8, 4) is 11.5 Å². The van der Waals surface area contributed by atoms with E-state index in [1.165, 1.54) is 22.5 Å². The Kier molecular flexibility index (Phi) is 8.78. The van der Waals surface area contributed by atoms with Crippen molar-refractivity contribution in [3.63, 3.8) is 0 Å². The van der Waals surface area contributed by atoms with Crippen molar-refractivity contribution in [2.75, 3.05) is 18.1 Å². The Morgan fingerprint density at radius 2 is 1.52 bits per heavy atom. The number of thioether (sulfide) groups is 1. The van der Waals surface area contributed by atoms with Gasteiger partial charge in [0.1, 0.15) is 30.3 Å². The molecule has 0 fully saturated rings. The van der Waals surface area contributed by atoms with Gasteiger partial charge in [-0.2, -0.15) is 11.8 Å². The van der Waals surface area contributed by atoms with E-state index in [2.05, 4.69) is 30.3 Å². The van der Waals surface area contributed by atoms with E-state index in [0.29, 0.717) is 23.9 Å². The highest BCUT2D eigenvalue weighted by Crippen LogP contribution is 2.21. The molecular weight excluding hydrogens is 436 g/mol. The summed E-state index contributed by atoms with van der Waals surface area (Å²) in [6.07, 6.45) is 0.288. The third kappa shape index (κ3) is 8.81. The highest BCUT2D eigenvalue weighted by atomic mass is 32.2. The highest BCUT2D eigenvalue weighted by molar-refractivity contribution is 7.99. The van der Waals surface area contributed by atoms with Crippen molar-refractivity contribution >= 4 is 34.3 Å². The standard InChI is InChI=1S/C27H30O5S/c1-27(2,3)32-26(29)14-15-33-19-23(28)18-31-25-12-10-24(11-13-25)30-17-20-8-9-21-6-4-5-7-22(21)16-20/h4-13,16H,14-15,17-19H2,1-3H3. The van der Waals surface area contributed by atoms with Crippen LogP contribution in [-0.4, -0.2) is 35.5 Å². The van der Waals surface area contributed by atoms with Crippen LogP contribution in [0, 0.1) is 0 Å². The number of carbonyl (C=O) groups is 2. The number of esters is 1. The molecule has 0 heterocycles. The van der Waals surface area contributed by atoms with Gasteiger partial charge in [-0.25, -0.2) is 0 Å². The number of hydrogen-bond acceptors (Lipinski definition) is 6. The first-order valence-corrected chi connectivity index (χ1v) is 12.1. The van der Waals surface area contributed by atoms with Gasteiger partial charge in [-0.3, -0.25) is 9.59 Å². The quantitative estimate of drug-likeness (QED) is 0.262. The third-order valence-electron chi connectivity index (χ3n) is 4.58. The topological polar surface area (TPSA) is 61.8 Å². The van der Waals surface area contributed by atoms with E-state index in [-0.39, 0.29) is 24.8 Å². The molecule has 174 valence electrons. The molecule has 0 spiro atoms. The van der Waals surface area contributed by atoms with Crippen LogP contribution >= 0.6 is 11.8 Å². The van der Waals surface area contributed by atoms with Crippen molar-refractivity contribution in [2.24, 2.45) is 0 Å². The molecular formula is C27H30O5S. The summed E-state index contributed by atoms with van der Waals surface area (Å²) in [5.41, 5.74) is 0.617. The van der Waals surface area contributed by atoms with Crippen LogP contribution in [0.25, 0.3) is 10.8 Å². The van der Waals surface area contributed by atoms with E-state index in [4.69, 9.17) is 14.2 Å². The number of hydrogen-bond donors (Lipinski definition) is 0. The normalized spacial score (nSPS) is 11.2. The SMILES string of the molecule is CC(C)(C)OC(=O)CCSCC(=O)COc1ccc(OCc2ccc3ccccc3c2)cc1. The molecule has 0 aromatic heterocycles. The highest BCUT2D eigenvalue weighted by Gasteiger charge is 2.16. The van der Waals surface area contributed by atoms with Crippen LogP contribution in [0.4, 0.5) is 0 Å². The van der Waals surface area contributed by atoms with Crippen LogP contribution < -0.4 is 9.47 Å². The first-order valence-electron chi connectivity index (χ1n) is 10.9.